The molecule has 2 heterocycles. The van der Waals surface area contributed by atoms with Crippen molar-refractivity contribution in [2.24, 2.45) is 22.7 Å². The summed E-state index contributed by atoms with van der Waals surface area (Å²) in [6, 6.07) is 0. The van der Waals surface area contributed by atoms with Crippen LogP contribution in [0.1, 0.15) is 59.3 Å². The Bertz CT molecular complexity index is 817. The summed E-state index contributed by atoms with van der Waals surface area (Å²) < 4.78 is 17.9. The standard InChI is InChI=1S/C24H34O7/c1-5-6-8-13(25)9-7-10-15(26)30-19-16-14(11-21(19,2)3)17(27)24-20(31-24)18(28)23(12-29-23)22(16,24)4/h5,14,16-20,27-28H,1,6-12H2,2-4H3/t14-,16-,17-,18-,19+,20+,22+,23-,24+/m0/s1. The van der Waals surface area contributed by atoms with Crippen molar-refractivity contribution >= 4 is 11.8 Å². The maximum absolute atomic E-state index is 12.8. The zero-order chi connectivity index (χ0) is 22.4. The largest absolute Gasteiger partial charge is 0.461 e. The molecule has 2 saturated heterocycles. The molecule has 3 saturated carbocycles. The number of carbonyl (C=O) groups excluding carboxylic acids is 2. The van der Waals surface area contributed by atoms with Gasteiger partial charge in [0.2, 0.25) is 0 Å². The van der Waals surface area contributed by atoms with E-state index in [0.717, 1.165) is 6.42 Å². The smallest absolute Gasteiger partial charge is 0.306 e. The lowest BCUT2D eigenvalue weighted by molar-refractivity contribution is -0.164. The van der Waals surface area contributed by atoms with E-state index in [2.05, 4.69) is 20.4 Å². The lowest BCUT2D eigenvalue weighted by atomic mass is 9.64. The molecule has 9 atom stereocenters. The van der Waals surface area contributed by atoms with E-state index < -0.39 is 41.0 Å². The van der Waals surface area contributed by atoms with Gasteiger partial charge in [0.25, 0.3) is 0 Å². The monoisotopic (exact) mass is 434 g/mol. The van der Waals surface area contributed by atoms with Gasteiger partial charge in [-0.2, -0.15) is 0 Å². The Kier molecular flexibility index (Phi) is 4.61. The highest BCUT2D eigenvalue weighted by Gasteiger charge is 2.97. The maximum Gasteiger partial charge on any atom is 0.306 e. The molecule has 2 spiro atoms. The first-order chi connectivity index (χ1) is 14.6. The SMILES string of the molecule is C=CCCC(=O)CCCC(=O)O[C@@H]1[C@@H]2[C@H](CC1(C)C)[C@H](O)[C@@]13O[C@@H]1[C@H](O)[C@@]1(CO1)[C@@]23C. The number of allylic oxidation sites excluding steroid dienone is 1. The van der Waals surface area contributed by atoms with Crippen LogP contribution in [0.3, 0.4) is 0 Å². The fourth-order valence-electron chi connectivity index (χ4n) is 7.58. The summed E-state index contributed by atoms with van der Waals surface area (Å²) in [5.41, 5.74) is -2.46. The highest BCUT2D eigenvalue weighted by atomic mass is 16.7. The first-order valence-corrected chi connectivity index (χ1v) is 11.6. The van der Waals surface area contributed by atoms with Crippen molar-refractivity contribution in [3.05, 3.63) is 12.7 Å². The van der Waals surface area contributed by atoms with Gasteiger partial charge in [-0.3, -0.25) is 9.59 Å². The molecule has 0 radical (unpaired) electrons. The summed E-state index contributed by atoms with van der Waals surface area (Å²) in [7, 11) is 0. The average molecular weight is 435 g/mol. The van der Waals surface area contributed by atoms with Crippen LogP contribution >= 0.6 is 0 Å². The first-order valence-electron chi connectivity index (χ1n) is 11.6. The number of esters is 1. The molecule has 3 aliphatic carbocycles. The van der Waals surface area contributed by atoms with Gasteiger partial charge in [-0.05, 0) is 25.2 Å². The Hall–Kier alpha value is -1.28. The third-order valence-electron chi connectivity index (χ3n) is 9.15. The minimum atomic E-state index is -0.809. The number of rotatable bonds is 8. The Morgan fingerprint density at radius 2 is 1.87 bits per heavy atom. The van der Waals surface area contributed by atoms with Crippen LogP contribution in [0.25, 0.3) is 0 Å². The van der Waals surface area contributed by atoms with Gasteiger partial charge in [0.1, 0.15) is 35.3 Å². The van der Waals surface area contributed by atoms with Crippen molar-refractivity contribution in [2.75, 3.05) is 6.61 Å². The lowest BCUT2D eigenvalue weighted by Gasteiger charge is -2.42. The number of aliphatic hydroxyl groups excluding tert-OH is 2. The van der Waals surface area contributed by atoms with E-state index in [1.165, 1.54) is 0 Å². The van der Waals surface area contributed by atoms with E-state index in [1.807, 2.05) is 6.92 Å². The second-order valence-electron chi connectivity index (χ2n) is 11.1. The molecule has 0 bridgehead atoms. The number of hydrogen-bond donors (Lipinski definition) is 2. The molecule has 0 aromatic carbocycles. The molecule has 0 unspecified atom stereocenters. The van der Waals surface area contributed by atoms with Gasteiger partial charge in [0, 0.05) is 36.0 Å². The molecule has 5 rings (SSSR count). The van der Waals surface area contributed by atoms with E-state index in [4.69, 9.17) is 14.2 Å². The molecule has 172 valence electrons. The summed E-state index contributed by atoms with van der Waals surface area (Å²) in [5.74, 6) is -0.406. The van der Waals surface area contributed by atoms with E-state index in [-0.39, 0.29) is 35.4 Å². The van der Waals surface area contributed by atoms with Crippen LogP contribution in [0.4, 0.5) is 0 Å². The number of aliphatic hydroxyl groups is 2. The normalized spacial score (nSPS) is 50.0. The lowest BCUT2D eigenvalue weighted by Crippen LogP contribution is -2.54. The molecular weight excluding hydrogens is 400 g/mol. The Morgan fingerprint density at radius 3 is 2.52 bits per heavy atom. The first kappa shape index (κ1) is 21.6. The number of Topliss-reactive ketones (excluding diaryl/α,β-unsaturated/α-hetero) is 1. The Balaban J connectivity index is 1.32. The molecule has 5 fully saturated rings. The van der Waals surface area contributed by atoms with Crippen LogP contribution in [0.15, 0.2) is 12.7 Å². The summed E-state index contributed by atoms with van der Waals surface area (Å²) in [5, 5.41) is 22.1. The zero-order valence-electron chi connectivity index (χ0n) is 18.6. The van der Waals surface area contributed by atoms with Crippen molar-refractivity contribution in [1.82, 2.24) is 0 Å². The van der Waals surface area contributed by atoms with Gasteiger partial charge < -0.3 is 24.4 Å². The number of hydrogen-bond acceptors (Lipinski definition) is 7. The number of ether oxygens (including phenoxy) is 3. The minimum Gasteiger partial charge on any atom is -0.461 e. The highest BCUT2D eigenvalue weighted by Crippen LogP contribution is 2.82. The summed E-state index contributed by atoms with van der Waals surface area (Å²) in [6.45, 7) is 10.3. The molecule has 7 heteroatoms. The predicted molar refractivity (Wildman–Crippen MR) is 110 cm³/mol. The fraction of sp³-hybridized carbons (Fsp3) is 0.833. The van der Waals surface area contributed by atoms with Gasteiger partial charge in [-0.15, -0.1) is 6.58 Å². The van der Waals surface area contributed by atoms with Gasteiger partial charge in [0.15, 0.2) is 0 Å². The molecule has 0 aromatic rings. The van der Waals surface area contributed by atoms with Crippen molar-refractivity contribution in [3.8, 4) is 0 Å². The minimum absolute atomic E-state index is 0.0724. The molecular formula is C24H34O7. The van der Waals surface area contributed by atoms with Gasteiger partial charge in [-0.25, -0.2) is 0 Å². The van der Waals surface area contributed by atoms with Crippen LogP contribution < -0.4 is 0 Å². The second kappa shape index (κ2) is 6.62. The van der Waals surface area contributed by atoms with Crippen molar-refractivity contribution in [2.45, 2.75) is 94.9 Å². The van der Waals surface area contributed by atoms with Crippen molar-refractivity contribution in [3.63, 3.8) is 0 Å². The molecule has 0 amide bonds. The summed E-state index contributed by atoms with van der Waals surface area (Å²) in [6.07, 6.45) is 2.28. The van der Waals surface area contributed by atoms with E-state index in [0.29, 0.717) is 32.3 Å². The zero-order valence-corrected chi connectivity index (χ0v) is 18.6. The maximum atomic E-state index is 12.8. The van der Waals surface area contributed by atoms with E-state index in [1.54, 1.807) is 6.08 Å². The van der Waals surface area contributed by atoms with Gasteiger partial charge >= 0.3 is 5.97 Å². The summed E-state index contributed by atoms with van der Waals surface area (Å²) >= 11 is 0. The Labute approximate surface area is 183 Å². The topological polar surface area (TPSA) is 109 Å². The molecule has 0 aromatic heterocycles. The van der Waals surface area contributed by atoms with Crippen LogP contribution in [-0.4, -0.2) is 64.2 Å². The third kappa shape index (κ3) is 2.55. The quantitative estimate of drug-likeness (QED) is 0.341. The second-order valence-corrected chi connectivity index (χ2v) is 11.1. The molecule has 31 heavy (non-hydrogen) atoms. The fourth-order valence-corrected chi connectivity index (χ4v) is 7.58. The van der Waals surface area contributed by atoms with E-state index >= 15 is 0 Å². The average Bonchev–Trinajstić information content (AvgIpc) is 3.60. The number of ketones is 1. The number of epoxide rings is 2. The molecule has 2 aliphatic heterocycles. The molecule has 7 nitrogen and oxygen atoms in total. The summed E-state index contributed by atoms with van der Waals surface area (Å²) in [4.78, 5) is 24.6. The molecule has 2 N–H and O–H groups in total. The molecule has 5 aliphatic rings. The third-order valence-corrected chi connectivity index (χ3v) is 9.15. The van der Waals surface area contributed by atoms with Crippen molar-refractivity contribution in [1.29, 1.82) is 0 Å². The van der Waals surface area contributed by atoms with Gasteiger partial charge in [-0.1, -0.05) is 26.8 Å². The van der Waals surface area contributed by atoms with Crippen LogP contribution in [0.5, 0.6) is 0 Å². The Morgan fingerprint density at radius 1 is 1.16 bits per heavy atom. The highest BCUT2D eigenvalue weighted by molar-refractivity contribution is 5.79. The van der Waals surface area contributed by atoms with Crippen LogP contribution in [-0.2, 0) is 23.8 Å². The number of fused-ring (bicyclic) bond motifs is 3. The van der Waals surface area contributed by atoms with Crippen molar-refractivity contribution < 1.29 is 34.0 Å². The van der Waals surface area contributed by atoms with Crippen LogP contribution in [0.2, 0.25) is 0 Å². The predicted octanol–water partition coefficient (Wildman–Crippen LogP) is 1.93. The van der Waals surface area contributed by atoms with Gasteiger partial charge in [0.05, 0.1) is 12.7 Å². The van der Waals surface area contributed by atoms with E-state index in [9.17, 15) is 19.8 Å². The van der Waals surface area contributed by atoms with Crippen LogP contribution in [0, 0.1) is 22.7 Å². The number of carbonyl (C=O) groups is 2.